The van der Waals surface area contributed by atoms with Gasteiger partial charge in [0.2, 0.25) is 0 Å². The molecular formula is C25H36BNO3. The van der Waals surface area contributed by atoms with Crippen LogP contribution in [0, 0.1) is 0 Å². The van der Waals surface area contributed by atoms with Gasteiger partial charge < -0.3 is 14.0 Å². The summed E-state index contributed by atoms with van der Waals surface area (Å²) >= 11 is 0. The summed E-state index contributed by atoms with van der Waals surface area (Å²) in [6.45, 7) is 14.7. The Kier molecular flexibility index (Phi) is 5.91. The summed E-state index contributed by atoms with van der Waals surface area (Å²) < 4.78 is 18.6. The van der Waals surface area contributed by atoms with E-state index in [9.17, 15) is 0 Å². The van der Waals surface area contributed by atoms with Crippen molar-refractivity contribution < 1.29 is 14.0 Å². The molecular weight excluding hydrogens is 373 g/mol. The molecule has 162 valence electrons. The summed E-state index contributed by atoms with van der Waals surface area (Å²) in [6, 6.07) is 14.0. The molecule has 4 rings (SSSR count). The highest BCUT2D eigenvalue weighted by Crippen LogP contribution is 2.36. The molecule has 0 N–H and O–H groups in total. The minimum Gasteiger partial charge on any atom is -0.492 e. The first-order valence-corrected chi connectivity index (χ1v) is 11.4. The molecule has 0 saturated carbocycles. The fraction of sp³-hybridized carbons (Fsp3) is 0.600. The topological polar surface area (TPSA) is 30.9 Å². The Labute approximate surface area is 182 Å². The highest BCUT2D eigenvalue weighted by molar-refractivity contribution is 6.62. The minimum atomic E-state index is -0.342. The van der Waals surface area contributed by atoms with Crippen molar-refractivity contribution in [2.45, 2.75) is 84.1 Å². The number of likely N-dealkylation sites (tertiary alicyclic amines) is 1. The van der Waals surface area contributed by atoms with Crippen LogP contribution in [-0.2, 0) is 9.31 Å². The smallest absolute Gasteiger partial charge is 0.492 e. The van der Waals surface area contributed by atoms with Gasteiger partial charge in [0, 0.05) is 18.6 Å². The predicted molar refractivity (Wildman–Crippen MR) is 125 cm³/mol. The van der Waals surface area contributed by atoms with Crippen molar-refractivity contribution in [2.24, 2.45) is 0 Å². The molecule has 2 atom stereocenters. The van der Waals surface area contributed by atoms with Gasteiger partial charge in [0.25, 0.3) is 0 Å². The first kappa shape index (κ1) is 21.7. The van der Waals surface area contributed by atoms with E-state index in [1.165, 1.54) is 24.6 Å². The number of fused-ring (bicyclic) bond motifs is 1. The number of rotatable bonds is 5. The number of piperidine rings is 1. The molecule has 0 radical (unpaired) electrons. The molecule has 30 heavy (non-hydrogen) atoms. The van der Waals surface area contributed by atoms with E-state index in [0.29, 0.717) is 12.1 Å². The molecule has 0 unspecified atom stereocenters. The number of ether oxygens (including phenoxy) is 1. The molecule has 2 aromatic rings. The molecule has 0 bridgehead atoms. The van der Waals surface area contributed by atoms with Crippen LogP contribution in [0.2, 0.25) is 0 Å². The van der Waals surface area contributed by atoms with E-state index < -0.39 is 0 Å². The van der Waals surface area contributed by atoms with Crippen molar-refractivity contribution >= 4 is 23.4 Å². The normalized spacial score (nSPS) is 26.3. The van der Waals surface area contributed by atoms with Crippen LogP contribution in [-0.4, -0.2) is 48.5 Å². The average Bonchev–Trinajstić information content (AvgIpc) is 2.91. The molecule has 0 aromatic heterocycles. The van der Waals surface area contributed by atoms with Crippen molar-refractivity contribution in [1.29, 1.82) is 0 Å². The average molecular weight is 409 g/mol. The van der Waals surface area contributed by atoms with Gasteiger partial charge in [-0.05, 0) is 82.8 Å². The minimum absolute atomic E-state index is 0.333. The molecule has 2 saturated heterocycles. The number of nitrogens with zero attached hydrogens (tertiary/aromatic N) is 1. The van der Waals surface area contributed by atoms with Crippen LogP contribution in [0.1, 0.15) is 60.8 Å². The molecule has 2 aliphatic rings. The summed E-state index contributed by atoms with van der Waals surface area (Å²) in [6.07, 6.45) is 3.93. The summed E-state index contributed by atoms with van der Waals surface area (Å²) in [5.41, 5.74) is 0.384. The zero-order chi connectivity index (χ0) is 21.5. The van der Waals surface area contributed by atoms with Crippen LogP contribution in [0.25, 0.3) is 10.8 Å². The third-order valence-corrected chi connectivity index (χ3v) is 7.36. The van der Waals surface area contributed by atoms with Crippen LogP contribution >= 0.6 is 0 Å². The Balaban J connectivity index is 1.45. The van der Waals surface area contributed by atoms with Crippen LogP contribution in [0.5, 0.6) is 5.75 Å². The summed E-state index contributed by atoms with van der Waals surface area (Å²) in [7, 11) is -0.342. The SMILES string of the molecule is C[C@@H]1CCC[C@H](C)N1CCOc1ccc2ccc(B3OC(C)(C)C(C)(C)O3)cc2c1. The van der Waals surface area contributed by atoms with E-state index >= 15 is 0 Å². The van der Waals surface area contributed by atoms with E-state index in [2.05, 4.69) is 82.8 Å². The van der Waals surface area contributed by atoms with Gasteiger partial charge in [0.05, 0.1) is 11.2 Å². The van der Waals surface area contributed by atoms with Crippen molar-refractivity contribution in [3.63, 3.8) is 0 Å². The maximum Gasteiger partial charge on any atom is 0.494 e. The van der Waals surface area contributed by atoms with Gasteiger partial charge in [0.15, 0.2) is 0 Å². The molecule has 0 spiro atoms. The molecule has 2 fully saturated rings. The second-order valence-corrected chi connectivity index (χ2v) is 10.1. The summed E-state index contributed by atoms with van der Waals surface area (Å²) in [4.78, 5) is 2.58. The number of hydrogen-bond acceptors (Lipinski definition) is 4. The van der Waals surface area contributed by atoms with Crippen molar-refractivity contribution in [3.05, 3.63) is 36.4 Å². The molecule has 5 heteroatoms. The number of benzene rings is 2. The monoisotopic (exact) mass is 409 g/mol. The Hall–Kier alpha value is -1.56. The zero-order valence-electron chi connectivity index (χ0n) is 19.4. The lowest BCUT2D eigenvalue weighted by molar-refractivity contribution is 0.00578. The molecule has 2 aromatic carbocycles. The maximum atomic E-state index is 6.22. The van der Waals surface area contributed by atoms with Gasteiger partial charge in [-0.15, -0.1) is 0 Å². The largest absolute Gasteiger partial charge is 0.494 e. The Morgan fingerprint density at radius 3 is 2.23 bits per heavy atom. The van der Waals surface area contributed by atoms with E-state index in [1.54, 1.807) is 0 Å². The van der Waals surface area contributed by atoms with Gasteiger partial charge in [-0.2, -0.15) is 0 Å². The molecule has 0 aliphatic carbocycles. The third kappa shape index (κ3) is 4.25. The van der Waals surface area contributed by atoms with Crippen LogP contribution in [0.15, 0.2) is 36.4 Å². The van der Waals surface area contributed by atoms with Crippen LogP contribution in [0.3, 0.4) is 0 Å². The number of hydrogen-bond donors (Lipinski definition) is 0. The van der Waals surface area contributed by atoms with E-state index in [0.717, 1.165) is 29.8 Å². The van der Waals surface area contributed by atoms with Gasteiger partial charge in [-0.3, -0.25) is 4.90 Å². The third-order valence-electron chi connectivity index (χ3n) is 7.36. The Bertz CT molecular complexity index is 871. The van der Waals surface area contributed by atoms with Crippen molar-refractivity contribution in [1.82, 2.24) is 4.90 Å². The zero-order valence-corrected chi connectivity index (χ0v) is 19.4. The van der Waals surface area contributed by atoms with Gasteiger partial charge in [-0.1, -0.05) is 30.7 Å². The van der Waals surface area contributed by atoms with Crippen molar-refractivity contribution in [2.75, 3.05) is 13.2 Å². The first-order valence-electron chi connectivity index (χ1n) is 11.4. The summed E-state index contributed by atoms with van der Waals surface area (Å²) in [5.74, 6) is 0.922. The molecule has 2 aliphatic heterocycles. The fourth-order valence-electron chi connectivity index (χ4n) is 4.64. The highest BCUT2D eigenvalue weighted by atomic mass is 16.7. The highest BCUT2D eigenvalue weighted by Gasteiger charge is 2.51. The lowest BCUT2D eigenvalue weighted by atomic mass is 9.78. The molecule has 4 nitrogen and oxygen atoms in total. The fourth-order valence-corrected chi connectivity index (χ4v) is 4.64. The Morgan fingerprint density at radius 2 is 1.57 bits per heavy atom. The molecule has 0 amide bonds. The van der Waals surface area contributed by atoms with Gasteiger partial charge in [-0.25, -0.2) is 0 Å². The maximum absolute atomic E-state index is 6.22. The van der Waals surface area contributed by atoms with Crippen molar-refractivity contribution in [3.8, 4) is 5.75 Å². The van der Waals surface area contributed by atoms with E-state index in [1.807, 2.05) is 0 Å². The van der Waals surface area contributed by atoms with E-state index in [-0.39, 0.29) is 18.3 Å². The second-order valence-electron chi connectivity index (χ2n) is 10.1. The van der Waals surface area contributed by atoms with Crippen LogP contribution < -0.4 is 10.2 Å². The predicted octanol–water partition coefficient (Wildman–Crippen LogP) is 4.78. The van der Waals surface area contributed by atoms with Crippen LogP contribution in [0.4, 0.5) is 0 Å². The first-order chi connectivity index (χ1) is 14.2. The second kappa shape index (κ2) is 8.18. The standard InChI is InChI=1S/C25H36BNO3/c1-18-8-7-9-19(2)27(18)14-15-28-23-13-11-20-10-12-22(16-21(20)17-23)26-29-24(3,4)25(5,6)30-26/h10-13,16-19H,7-9,14-15H2,1-6H3/t18-,19+. The lowest BCUT2D eigenvalue weighted by Gasteiger charge is -2.38. The van der Waals surface area contributed by atoms with Gasteiger partial charge in [0.1, 0.15) is 12.4 Å². The van der Waals surface area contributed by atoms with E-state index in [4.69, 9.17) is 14.0 Å². The van der Waals surface area contributed by atoms with Gasteiger partial charge >= 0.3 is 7.12 Å². The Morgan fingerprint density at radius 1 is 0.933 bits per heavy atom. The quantitative estimate of drug-likeness (QED) is 0.665. The summed E-state index contributed by atoms with van der Waals surface area (Å²) in [5, 5.41) is 2.35. The molecule has 2 heterocycles. The lowest BCUT2D eigenvalue weighted by Crippen LogP contribution is -2.45.